The Hall–Kier alpha value is -2.05. The molecule has 0 aromatic heterocycles. The van der Waals surface area contributed by atoms with Gasteiger partial charge in [-0.15, -0.1) is 0 Å². The Morgan fingerprint density at radius 1 is 1.26 bits per heavy atom. The molecule has 0 amide bonds. The summed E-state index contributed by atoms with van der Waals surface area (Å²) in [5, 5.41) is 4.26. The minimum Gasteiger partial charge on any atom is -0.460 e. The van der Waals surface area contributed by atoms with Crippen molar-refractivity contribution in [3.8, 4) is 5.75 Å². The largest absolute Gasteiger partial charge is 0.460 e. The number of rotatable bonds is 3. The molecule has 2 aliphatic heterocycles. The van der Waals surface area contributed by atoms with Crippen molar-refractivity contribution in [3.63, 3.8) is 0 Å². The third kappa shape index (κ3) is 4.28. The first-order valence-corrected chi connectivity index (χ1v) is 10.0. The van der Waals surface area contributed by atoms with Gasteiger partial charge in [0.1, 0.15) is 11.6 Å². The summed E-state index contributed by atoms with van der Waals surface area (Å²) < 4.78 is 26.0. The molecular weight excluding hydrogens is 363 g/mol. The number of nitrogens with zero attached hydrogens (tertiary/aromatic N) is 1. The van der Waals surface area contributed by atoms with E-state index in [9.17, 15) is 4.39 Å². The highest BCUT2D eigenvalue weighted by atomic mass is 32.2. The predicted molar refractivity (Wildman–Crippen MR) is 106 cm³/mol. The Bertz CT molecular complexity index is 855. The third-order valence-corrected chi connectivity index (χ3v) is 5.63. The van der Waals surface area contributed by atoms with Crippen molar-refractivity contribution >= 4 is 16.9 Å². The summed E-state index contributed by atoms with van der Waals surface area (Å²) >= 11 is 1.58. The lowest BCUT2D eigenvalue weighted by Crippen LogP contribution is -2.39. The highest BCUT2D eigenvalue weighted by molar-refractivity contribution is 8.13. The molecule has 6 heteroatoms. The number of aliphatic imine (C=N–C) groups is 1. The van der Waals surface area contributed by atoms with E-state index in [-0.39, 0.29) is 11.2 Å². The van der Waals surface area contributed by atoms with Crippen LogP contribution < -0.4 is 10.1 Å². The van der Waals surface area contributed by atoms with Crippen LogP contribution >= 0.6 is 11.8 Å². The molecule has 0 bridgehead atoms. The first kappa shape index (κ1) is 18.3. The van der Waals surface area contributed by atoms with Gasteiger partial charge in [-0.25, -0.2) is 4.39 Å². The van der Waals surface area contributed by atoms with Gasteiger partial charge in [-0.3, -0.25) is 4.99 Å². The van der Waals surface area contributed by atoms with Crippen LogP contribution in [0, 0.1) is 11.2 Å². The molecule has 4 rings (SSSR count). The van der Waals surface area contributed by atoms with E-state index in [2.05, 4.69) is 24.2 Å². The van der Waals surface area contributed by atoms with E-state index in [1.807, 2.05) is 30.3 Å². The number of fused-ring (bicyclic) bond motifs is 1. The molecule has 1 N–H and O–H groups in total. The topological polar surface area (TPSA) is 42.9 Å². The van der Waals surface area contributed by atoms with E-state index in [1.54, 1.807) is 17.8 Å². The summed E-state index contributed by atoms with van der Waals surface area (Å²) in [6.45, 7) is 6.39. The second-order valence-corrected chi connectivity index (χ2v) is 8.62. The predicted octanol–water partition coefficient (Wildman–Crippen LogP) is 4.65. The Morgan fingerprint density at radius 3 is 2.81 bits per heavy atom. The Morgan fingerprint density at radius 2 is 2.07 bits per heavy atom. The average Bonchev–Trinajstić information content (AvgIpc) is 2.67. The van der Waals surface area contributed by atoms with Crippen LogP contribution in [0.1, 0.15) is 36.8 Å². The van der Waals surface area contributed by atoms with Crippen LogP contribution in [0.15, 0.2) is 47.5 Å². The fourth-order valence-corrected chi connectivity index (χ4v) is 3.95. The molecule has 1 atom stereocenters. The van der Waals surface area contributed by atoms with Crippen molar-refractivity contribution in [2.45, 2.75) is 32.5 Å². The number of benzene rings is 2. The van der Waals surface area contributed by atoms with Crippen molar-refractivity contribution in [1.82, 2.24) is 5.32 Å². The van der Waals surface area contributed by atoms with Crippen LogP contribution in [0.25, 0.3) is 0 Å². The van der Waals surface area contributed by atoms with Crippen molar-refractivity contribution in [2.24, 2.45) is 10.4 Å². The third-order valence-electron chi connectivity index (χ3n) is 4.63. The van der Waals surface area contributed by atoms with Gasteiger partial charge in [-0.1, -0.05) is 55.9 Å². The van der Waals surface area contributed by atoms with Gasteiger partial charge in [0.2, 0.25) is 6.29 Å². The first-order chi connectivity index (χ1) is 13.0. The van der Waals surface area contributed by atoms with Gasteiger partial charge in [0, 0.05) is 40.9 Å². The molecule has 0 radical (unpaired) electrons. The Balaban J connectivity index is 1.52. The van der Waals surface area contributed by atoms with E-state index in [1.165, 1.54) is 6.07 Å². The van der Waals surface area contributed by atoms with Gasteiger partial charge in [0.05, 0.1) is 6.61 Å². The summed E-state index contributed by atoms with van der Waals surface area (Å²) in [4.78, 5) is 4.60. The van der Waals surface area contributed by atoms with Crippen molar-refractivity contribution in [3.05, 3.63) is 65.0 Å². The maximum absolute atomic E-state index is 14.1. The molecule has 0 saturated carbocycles. The van der Waals surface area contributed by atoms with Crippen molar-refractivity contribution < 1.29 is 13.9 Å². The lowest BCUT2D eigenvalue weighted by Gasteiger charge is -2.30. The summed E-state index contributed by atoms with van der Waals surface area (Å²) in [6, 6.07) is 12.8. The van der Waals surface area contributed by atoms with Gasteiger partial charge in [-0.05, 0) is 12.1 Å². The van der Waals surface area contributed by atoms with Gasteiger partial charge in [0.15, 0.2) is 5.17 Å². The zero-order chi connectivity index (χ0) is 18.9. The molecule has 0 spiro atoms. The lowest BCUT2D eigenvalue weighted by molar-refractivity contribution is -0.112. The fraction of sp³-hybridized carbons (Fsp3) is 0.381. The van der Waals surface area contributed by atoms with Crippen molar-refractivity contribution in [1.29, 1.82) is 0 Å². The van der Waals surface area contributed by atoms with Crippen LogP contribution in [0.4, 0.5) is 4.39 Å². The van der Waals surface area contributed by atoms with Crippen molar-refractivity contribution in [2.75, 3.05) is 13.1 Å². The quantitative estimate of drug-likeness (QED) is 0.834. The number of amidine groups is 1. The number of hydrogen-bond acceptors (Lipinski definition) is 5. The molecule has 4 nitrogen and oxygen atoms in total. The van der Waals surface area contributed by atoms with Gasteiger partial charge in [0.25, 0.3) is 0 Å². The lowest BCUT2D eigenvalue weighted by atomic mass is 9.93. The minimum atomic E-state index is -0.473. The number of nitrogens with one attached hydrogen (secondary N) is 1. The summed E-state index contributed by atoms with van der Waals surface area (Å²) in [5.41, 5.74) is 2.70. The van der Waals surface area contributed by atoms with E-state index in [0.717, 1.165) is 40.7 Å². The standard InChI is InChI=1S/C21H23FN2O2S/c1-21(2)12-23-20(24-13-21)27-11-16-9-17(22)8-15-10-25-19(26-18(15)16)14-6-4-3-5-7-14/h3-9,19H,10-13H2,1-2H3,(H,23,24)/t19-/m1/s1. The molecule has 2 aliphatic rings. The maximum Gasteiger partial charge on any atom is 0.227 e. The van der Waals surface area contributed by atoms with Gasteiger partial charge < -0.3 is 14.8 Å². The summed E-state index contributed by atoms with van der Waals surface area (Å²) in [7, 11) is 0. The van der Waals surface area contributed by atoms with Gasteiger partial charge in [-0.2, -0.15) is 0 Å². The zero-order valence-electron chi connectivity index (χ0n) is 15.5. The molecule has 2 aromatic rings. The molecule has 0 unspecified atom stereocenters. The molecule has 0 saturated heterocycles. The number of hydrogen-bond donors (Lipinski definition) is 1. The van der Waals surface area contributed by atoms with Gasteiger partial charge >= 0.3 is 0 Å². The Kier molecular flexibility index (Phi) is 5.10. The molecule has 2 aromatic carbocycles. The van der Waals surface area contributed by atoms with Crippen LogP contribution in [-0.4, -0.2) is 18.3 Å². The smallest absolute Gasteiger partial charge is 0.227 e. The molecule has 27 heavy (non-hydrogen) atoms. The molecule has 142 valence electrons. The summed E-state index contributed by atoms with van der Waals surface area (Å²) in [6.07, 6.45) is -0.473. The molecule has 0 aliphatic carbocycles. The fourth-order valence-electron chi connectivity index (χ4n) is 3.11. The zero-order valence-corrected chi connectivity index (χ0v) is 16.3. The maximum atomic E-state index is 14.1. The highest BCUT2D eigenvalue weighted by Crippen LogP contribution is 2.38. The number of thioether (sulfide) groups is 1. The summed E-state index contributed by atoms with van der Waals surface area (Å²) in [5.74, 6) is 1.04. The number of halogens is 1. The van der Waals surface area contributed by atoms with Crippen LogP contribution in [0.3, 0.4) is 0 Å². The SMILES string of the molecule is CC1(C)CN=C(SCc2cc(F)cc3c2O[C@H](c2ccccc2)OC3)NC1. The second-order valence-electron chi connectivity index (χ2n) is 7.65. The minimum absolute atomic E-state index is 0.172. The second kappa shape index (κ2) is 7.52. The monoisotopic (exact) mass is 386 g/mol. The van der Waals surface area contributed by atoms with E-state index in [0.29, 0.717) is 12.4 Å². The Labute approximate surface area is 163 Å². The normalized spacial score (nSPS) is 20.9. The highest BCUT2D eigenvalue weighted by Gasteiger charge is 2.26. The van der Waals surface area contributed by atoms with Crippen LogP contribution in [0.2, 0.25) is 0 Å². The number of ether oxygens (including phenoxy) is 2. The van der Waals surface area contributed by atoms with Crippen LogP contribution in [0.5, 0.6) is 5.75 Å². The first-order valence-electron chi connectivity index (χ1n) is 9.06. The van der Waals surface area contributed by atoms with Crippen LogP contribution in [-0.2, 0) is 17.1 Å². The van der Waals surface area contributed by atoms with E-state index in [4.69, 9.17) is 9.47 Å². The average molecular weight is 386 g/mol. The van der Waals surface area contributed by atoms with E-state index < -0.39 is 6.29 Å². The van der Waals surface area contributed by atoms with E-state index >= 15 is 0 Å². The molecule has 2 heterocycles. The molecular formula is C21H23FN2O2S. The molecule has 0 fully saturated rings.